The van der Waals surface area contributed by atoms with E-state index >= 15 is 0 Å². The van der Waals surface area contributed by atoms with Crippen LogP contribution in [0.2, 0.25) is 0 Å². The van der Waals surface area contributed by atoms with Crippen molar-refractivity contribution in [2.75, 3.05) is 29.5 Å². The molecule has 0 aliphatic carbocycles. The molecule has 1 amide bonds. The van der Waals surface area contributed by atoms with Gasteiger partial charge in [0.2, 0.25) is 0 Å². The van der Waals surface area contributed by atoms with Gasteiger partial charge in [0.15, 0.2) is 5.11 Å². The number of hydrogen-bond acceptors (Lipinski definition) is 6. The van der Waals surface area contributed by atoms with Gasteiger partial charge in [-0.25, -0.2) is 0 Å². The molecule has 0 bridgehead atoms. The van der Waals surface area contributed by atoms with Crippen molar-refractivity contribution in [1.82, 2.24) is 4.90 Å². The van der Waals surface area contributed by atoms with Gasteiger partial charge >= 0.3 is 12.1 Å². The number of carbonyl (C=O) groups excluding carboxylic acids is 1. The Bertz CT molecular complexity index is 1450. The maximum atomic E-state index is 13.6. The number of carboxylic acids is 1. The number of ether oxygens (including phenoxy) is 1. The molecule has 12 heteroatoms. The summed E-state index contributed by atoms with van der Waals surface area (Å²) in [7, 11) is 0. The monoisotopic (exact) mass is 616 g/mol. The number of rotatable bonds is 9. The number of halogens is 3. The van der Waals surface area contributed by atoms with E-state index in [2.05, 4.69) is 0 Å². The maximum absolute atomic E-state index is 13.6. The predicted molar refractivity (Wildman–Crippen MR) is 160 cm³/mol. The smallest absolute Gasteiger partial charge is 0.417 e. The average Bonchev–Trinajstić information content (AvgIpc) is 3.14. The fraction of sp³-hybridized carbons (Fsp3) is 0.484. The molecule has 0 radical (unpaired) electrons. The third-order valence-corrected chi connectivity index (χ3v) is 8.74. The van der Waals surface area contributed by atoms with Crippen LogP contribution in [0.5, 0.6) is 5.75 Å². The molecule has 1 N–H and O–H groups in total. The Morgan fingerprint density at radius 2 is 1.84 bits per heavy atom. The SMILES string of the molecule is CCc1cc(N2C(=S)N(c3ccc(C#N)c(C(F)(F)F)c3)C(=O)C2(C)C)ccc1OCCC1CCN(C(C)C(=O)O)CC1. The van der Waals surface area contributed by atoms with Crippen LogP contribution in [0.4, 0.5) is 24.5 Å². The summed E-state index contributed by atoms with van der Waals surface area (Å²) in [5.74, 6) is -0.146. The van der Waals surface area contributed by atoms with Gasteiger partial charge in [-0.15, -0.1) is 0 Å². The van der Waals surface area contributed by atoms with Crippen molar-refractivity contribution in [1.29, 1.82) is 5.26 Å². The molecule has 2 aromatic rings. The number of nitriles is 1. The number of piperidine rings is 1. The molecule has 43 heavy (non-hydrogen) atoms. The van der Waals surface area contributed by atoms with Crippen LogP contribution in [0, 0.1) is 17.2 Å². The fourth-order valence-electron chi connectivity index (χ4n) is 5.70. The Kier molecular flexibility index (Phi) is 9.37. The first-order valence-electron chi connectivity index (χ1n) is 14.2. The highest BCUT2D eigenvalue weighted by molar-refractivity contribution is 7.81. The van der Waals surface area contributed by atoms with Gasteiger partial charge in [0.05, 0.1) is 29.5 Å². The summed E-state index contributed by atoms with van der Waals surface area (Å²) >= 11 is 5.66. The number of aryl methyl sites for hydroxylation is 1. The molecule has 230 valence electrons. The van der Waals surface area contributed by atoms with E-state index in [1.807, 2.05) is 24.0 Å². The first-order chi connectivity index (χ1) is 20.2. The van der Waals surface area contributed by atoms with E-state index < -0.39 is 40.8 Å². The van der Waals surface area contributed by atoms with Crippen LogP contribution in [-0.4, -0.2) is 58.3 Å². The van der Waals surface area contributed by atoms with Gasteiger partial charge in [-0.2, -0.15) is 18.4 Å². The number of amides is 1. The van der Waals surface area contributed by atoms with Crippen LogP contribution in [0.1, 0.15) is 63.6 Å². The summed E-state index contributed by atoms with van der Waals surface area (Å²) in [6, 6.07) is 9.68. The van der Waals surface area contributed by atoms with Crippen LogP contribution in [-0.2, 0) is 22.2 Å². The lowest BCUT2D eigenvalue weighted by Gasteiger charge is -2.34. The van der Waals surface area contributed by atoms with E-state index in [0.717, 1.165) is 54.9 Å². The molecule has 2 heterocycles. The van der Waals surface area contributed by atoms with Crippen LogP contribution >= 0.6 is 12.2 Å². The van der Waals surface area contributed by atoms with E-state index in [-0.39, 0.29) is 10.8 Å². The van der Waals surface area contributed by atoms with Crippen molar-refractivity contribution in [3.8, 4) is 11.8 Å². The predicted octanol–water partition coefficient (Wildman–Crippen LogP) is 6.01. The van der Waals surface area contributed by atoms with Crippen LogP contribution < -0.4 is 14.5 Å². The zero-order valence-electron chi connectivity index (χ0n) is 24.6. The highest BCUT2D eigenvalue weighted by Gasteiger charge is 2.50. The Morgan fingerprint density at radius 1 is 1.19 bits per heavy atom. The molecule has 2 aromatic carbocycles. The fourth-order valence-corrected chi connectivity index (χ4v) is 6.22. The van der Waals surface area contributed by atoms with Crippen molar-refractivity contribution in [2.45, 2.75) is 71.1 Å². The number of nitrogens with zero attached hydrogens (tertiary/aromatic N) is 4. The Balaban J connectivity index is 1.49. The standard InChI is InChI=1S/C31H35F3N4O4S/c1-5-21-16-24(8-9-26(21)42-15-12-20-10-13-36(14-11-20)19(2)27(39)40)38-29(43)37(28(41)30(38,3)4)23-7-6-22(18-35)25(17-23)31(32,33)34/h6-9,16-17,19-20H,5,10-15H2,1-4H3,(H,39,40). The minimum Gasteiger partial charge on any atom is -0.493 e. The highest BCUT2D eigenvalue weighted by Crippen LogP contribution is 2.40. The maximum Gasteiger partial charge on any atom is 0.417 e. The molecule has 0 aromatic heterocycles. The number of anilines is 2. The van der Waals surface area contributed by atoms with E-state index in [1.165, 1.54) is 6.07 Å². The van der Waals surface area contributed by atoms with E-state index in [1.54, 1.807) is 37.8 Å². The van der Waals surface area contributed by atoms with Crippen molar-refractivity contribution >= 4 is 40.6 Å². The lowest BCUT2D eigenvalue weighted by Crippen LogP contribution is -2.44. The molecular weight excluding hydrogens is 581 g/mol. The number of hydrogen-bond donors (Lipinski definition) is 1. The molecule has 8 nitrogen and oxygen atoms in total. The van der Waals surface area contributed by atoms with Gasteiger partial charge in [0.1, 0.15) is 17.3 Å². The summed E-state index contributed by atoms with van der Waals surface area (Å²) in [5, 5.41) is 18.4. The Morgan fingerprint density at radius 3 is 2.42 bits per heavy atom. The number of carboxylic acid groups (broad SMARTS) is 1. The second-order valence-electron chi connectivity index (χ2n) is 11.4. The minimum atomic E-state index is -4.78. The van der Waals surface area contributed by atoms with Crippen molar-refractivity contribution < 1.29 is 32.6 Å². The number of carbonyl (C=O) groups is 2. The summed E-state index contributed by atoms with van der Waals surface area (Å²) in [4.78, 5) is 29.5. The Hall–Kier alpha value is -3.69. The molecule has 1 unspecified atom stereocenters. The number of alkyl halides is 3. The molecule has 0 spiro atoms. The average molecular weight is 617 g/mol. The van der Waals surface area contributed by atoms with Crippen molar-refractivity contribution in [2.24, 2.45) is 5.92 Å². The van der Waals surface area contributed by atoms with Gasteiger partial charge < -0.3 is 14.7 Å². The molecule has 0 saturated carbocycles. The van der Waals surface area contributed by atoms with Gasteiger partial charge in [-0.3, -0.25) is 19.4 Å². The summed E-state index contributed by atoms with van der Waals surface area (Å²) in [6.45, 7) is 9.00. The first kappa shape index (κ1) is 32.2. The van der Waals surface area contributed by atoms with E-state index in [9.17, 15) is 27.9 Å². The van der Waals surface area contributed by atoms with Crippen LogP contribution in [0.15, 0.2) is 36.4 Å². The molecule has 2 aliphatic rings. The van der Waals surface area contributed by atoms with E-state index in [4.69, 9.17) is 22.2 Å². The largest absolute Gasteiger partial charge is 0.493 e. The topological polar surface area (TPSA) is 97.1 Å². The summed E-state index contributed by atoms with van der Waals surface area (Å²) in [5.41, 5.74) is -1.41. The number of benzene rings is 2. The van der Waals surface area contributed by atoms with Gasteiger partial charge in [-0.1, -0.05) is 6.92 Å². The summed E-state index contributed by atoms with van der Waals surface area (Å²) in [6.07, 6.45) is -1.47. The van der Waals surface area contributed by atoms with Gasteiger partial charge in [0.25, 0.3) is 5.91 Å². The third kappa shape index (κ3) is 6.48. The van der Waals surface area contributed by atoms with Gasteiger partial charge in [-0.05, 0) is 120 Å². The Labute approximate surface area is 254 Å². The zero-order chi connectivity index (χ0) is 31.7. The van der Waals surface area contributed by atoms with E-state index in [0.29, 0.717) is 30.4 Å². The number of likely N-dealkylation sites (tertiary alicyclic amines) is 1. The first-order valence-corrected chi connectivity index (χ1v) is 14.6. The summed E-state index contributed by atoms with van der Waals surface area (Å²) < 4.78 is 47.1. The second kappa shape index (κ2) is 12.5. The van der Waals surface area contributed by atoms with Crippen molar-refractivity contribution in [3.05, 3.63) is 53.1 Å². The number of thiocarbonyl (C=S) groups is 1. The van der Waals surface area contributed by atoms with Crippen LogP contribution in [0.3, 0.4) is 0 Å². The lowest BCUT2D eigenvalue weighted by atomic mass is 9.93. The highest BCUT2D eigenvalue weighted by atomic mass is 32.1. The third-order valence-electron chi connectivity index (χ3n) is 8.38. The zero-order valence-corrected chi connectivity index (χ0v) is 25.4. The second-order valence-corrected chi connectivity index (χ2v) is 11.8. The van der Waals surface area contributed by atoms with Crippen molar-refractivity contribution in [3.63, 3.8) is 0 Å². The molecule has 4 rings (SSSR count). The lowest BCUT2D eigenvalue weighted by molar-refractivity contribution is -0.143. The van der Waals surface area contributed by atoms with Gasteiger partial charge in [0, 0.05) is 5.69 Å². The number of aliphatic carboxylic acids is 1. The normalized spacial score (nSPS) is 18.6. The molecule has 2 fully saturated rings. The quantitative estimate of drug-likeness (QED) is 0.342. The molecule has 2 aliphatic heterocycles. The molecule has 1 atom stereocenters. The molecular formula is C31H35F3N4O4S. The van der Waals surface area contributed by atoms with Crippen LogP contribution in [0.25, 0.3) is 0 Å². The minimum absolute atomic E-state index is 0.0344. The molecule has 2 saturated heterocycles.